The summed E-state index contributed by atoms with van der Waals surface area (Å²) in [7, 11) is 0. The zero-order valence-corrected chi connectivity index (χ0v) is 16.4. The minimum Gasteiger partial charge on any atom is -0.454 e. The molecule has 1 aliphatic rings. The summed E-state index contributed by atoms with van der Waals surface area (Å²) in [6.07, 6.45) is 0. The Bertz CT molecular complexity index is 827. The van der Waals surface area contributed by atoms with E-state index in [-0.39, 0.29) is 12.5 Å². The number of fused-ring (bicyclic) bond motifs is 1. The van der Waals surface area contributed by atoms with Crippen LogP contribution in [0.2, 0.25) is 0 Å². The van der Waals surface area contributed by atoms with Gasteiger partial charge < -0.3 is 20.1 Å². The summed E-state index contributed by atoms with van der Waals surface area (Å²) in [4.78, 5) is 23.9. The van der Waals surface area contributed by atoms with Crippen molar-refractivity contribution in [2.24, 2.45) is 5.92 Å². The van der Waals surface area contributed by atoms with E-state index in [0.29, 0.717) is 32.6 Å². The van der Waals surface area contributed by atoms with Crippen LogP contribution in [-0.4, -0.2) is 41.2 Å². The topological polar surface area (TPSA) is 114 Å². The molecule has 2 heterocycles. The molecule has 3 rings (SSSR count). The largest absolute Gasteiger partial charge is 0.454 e. The van der Waals surface area contributed by atoms with Crippen LogP contribution in [0.25, 0.3) is 0 Å². The zero-order valence-electron chi connectivity index (χ0n) is 14.8. The third-order valence-electron chi connectivity index (χ3n) is 3.28. The molecule has 0 unspecified atom stereocenters. The number of nitrogens with one attached hydrogen (secondary N) is 3. The number of urea groups is 1. The highest BCUT2D eigenvalue weighted by molar-refractivity contribution is 8.01. The Kier molecular flexibility index (Phi) is 6.35. The van der Waals surface area contributed by atoms with E-state index in [2.05, 4.69) is 40.0 Å². The number of thioether (sulfide) groups is 1. The molecule has 0 aliphatic carbocycles. The summed E-state index contributed by atoms with van der Waals surface area (Å²) >= 11 is 2.60. The second kappa shape index (κ2) is 8.91. The van der Waals surface area contributed by atoms with Gasteiger partial charge in [0.2, 0.25) is 17.8 Å². The summed E-state index contributed by atoms with van der Waals surface area (Å²) in [6, 6.07) is 4.37. The molecule has 1 aliphatic heterocycles. The Morgan fingerprint density at radius 2 is 2.07 bits per heavy atom. The van der Waals surface area contributed by atoms with E-state index in [4.69, 9.17) is 9.47 Å². The Hall–Kier alpha value is -2.53. The molecule has 27 heavy (non-hydrogen) atoms. The van der Waals surface area contributed by atoms with Gasteiger partial charge in [-0.15, -0.1) is 10.2 Å². The van der Waals surface area contributed by atoms with E-state index in [1.165, 1.54) is 23.1 Å². The lowest BCUT2D eigenvalue weighted by Crippen LogP contribution is -2.35. The van der Waals surface area contributed by atoms with Gasteiger partial charge in [-0.25, -0.2) is 4.79 Å². The highest BCUT2D eigenvalue weighted by Crippen LogP contribution is 2.34. The number of aromatic nitrogens is 2. The molecule has 0 atom stereocenters. The average molecular weight is 409 g/mol. The summed E-state index contributed by atoms with van der Waals surface area (Å²) in [6.45, 7) is 5.16. The highest BCUT2D eigenvalue weighted by Gasteiger charge is 2.15. The number of amides is 3. The van der Waals surface area contributed by atoms with E-state index in [1.807, 2.05) is 0 Å². The van der Waals surface area contributed by atoms with E-state index in [1.54, 1.807) is 18.2 Å². The van der Waals surface area contributed by atoms with Crippen LogP contribution in [0.4, 0.5) is 15.6 Å². The fourth-order valence-corrected chi connectivity index (χ4v) is 3.62. The first kappa shape index (κ1) is 19.2. The van der Waals surface area contributed by atoms with Crippen LogP contribution in [-0.2, 0) is 4.79 Å². The highest BCUT2D eigenvalue weighted by atomic mass is 32.2. The average Bonchev–Trinajstić information content (AvgIpc) is 3.26. The van der Waals surface area contributed by atoms with Crippen LogP contribution in [0.15, 0.2) is 22.5 Å². The Morgan fingerprint density at radius 1 is 1.26 bits per heavy atom. The monoisotopic (exact) mass is 409 g/mol. The maximum atomic E-state index is 11.9. The molecule has 0 spiro atoms. The number of hydrogen-bond donors (Lipinski definition) is 3. The molecule has 0 saturated heterocycles. The first-order chi connectivity index (χ1) is 13.0. The lowest BCUT2D eigenvalue weighted by atomic mass is 10.2. The van der Waals surface area contributed by atoms with Crippen molar-refractivity contribution < 1.29 is 19.1 Å². The molecule has 11 heteroatoms. The third-order valence-corrected chi connectivity index (χ3v) is 5.29. The summed E-state index contributed by atoms with van der Waals surface area (Å²) in [5, 5.41) is 16.8. The van der Waals surface area contributed by atoms with Gasteiger partial charge in [-0.05, 0) is 18.1 Å². The molecule has 144 valence electrons. The predicted molar refractivity (Wildman–Crippen MR) is 104 cm³/mol. The number of benzene rings is 1. The first-order valence-corrected chi connectivity index (χ1v) is 10.0. The van der Waals surface area contributed by atoms with Gasteiger partial charge in [-0.1, -0.05) is 36.9 Å². The van der Waals surface area contributed by atoms with Crippen molar-refractivity contribution >= 4 is 45.9 Å². The Morgan fingerprint density at radius 3 is 2.89 bits per heavy atom. The van der Waals surface area contributed by atoms with Crippen LogP contribution >= 0.6 is 23.1 Å². The SMILES string of the molecule is CC(C)CNc1nnc(SCC(=O)NC(=O)Nc2ccc3c(c2)OCO3)s1. The number of imide groups is 1. The van der Waals surface area contributed by atoms with E-state index in [9.17, 15) is 9.59 Å². The van der Waals surface area contributed by atoms with E-state index in [0.717, 1.165) is 6.54 Å². The van der Waals surface area contributed by atoms with Crippen molar-refractivity contribution in [2.45, 2.75) is 18.2 Å². The molecule has 1 aromatic heterocycles. The molecule has 0 radical (unpaired) electrons. The van der Waals surface area contributed by atoms with Gasteiger partial charge in [-0.2, -0.15) is 0 Å². The molecular weight excluding hydrogens is 390 g/mol. The second-order valence-corrected chi connectivity index (χ2v) is 8.21. The summed E-state index contributed by atoms with van der Waals surface area (Å²) < 4.78 is 11.1. The number of carbonyl (C=O) groups excluding carboxylic acids is 2. The van der Waals surface area contributed by atoms with Gasteiger partial charge in [0.25, 0.3) is 0 Å². The molecule has 3 N–H and O–H groups in total. The van der Waals surface area contributed by atoms with Gasteiger partial charge in [0.05, 0.1) is 5.75 Å². The standard InChI is InChI=1S/C16H19N5O4S2/c1-9(2)6-17-15-20-21-16(27-15)26-7-13(22)19-14(23)18-10-3-4-11-12(5-10)25-8-24-11/h3-5,9H,6-8H2,1-2H3,(H,17,20)(H2,18,19,22,23). The minimum absolute atomic E-state index is 0.0629. The Balaban J connectivity index is 1.42. The maximum Gasteiger partial charge on any atom is 0.325 e. The van der Waals surface area contributed by atoms with Crippen LogP contribution in [0, 0.1) is 5.92 Å². The first-order valence-electron chi connectivity index (χ1n) is 8.20. The van der Waals surface area contributed by atoms with Gasteiger partial charge in [0.1, 0.15) is 0 Å². The Labute approximate surface area is 164 Å². The van der Waals surface area contributed by atoms with Crippen molar-refractivity contribution in [3.05, 3.63) is 18.2 Å². The predicted octanol–water partition coefficient (Wildman–Crippen LogP) is 2.78. The van der Waals surface area contributed by atoms with Crippen molar-refractivity contribution in [3.63, 3.8) is 0 Å². The third kappa shape index (κ3) is 5.73. The van der Waals surface area contributed by atoms with Gasteiger partial charge in [-0.3, -0.25) is 10.1 Å². The van der Waals surface area contributed by atoms with Crippen molar-refractivity contribution in [3.8, 4) is 11.5 Å². The second-order valence-electron chi connectivity index (χ2n) is 6.01. The molecular formula is C16H19N5O4S2. The number of anilines is 2. The summed E-state index contributed by atoms with van der Waals surface area (Å²) in [5.41, 5.74) is 0.502. The van der Waals surface area contributed by atoms with Crippen LogP contribution in [0.5, 0.6) is 11.5 Å². The van der Waals surface area contributed by atoms with Crippen molar-refractivity contribution in [1.29, 1.82) is 0 Å². The molecule has 0 saturated carbocycles. The van der Waals surface area contributed by atoms with Gasteiger partial charge >= 0.3 is 6.03 Å². The zero-order chi connectivity index (χ0) is 19.2. The fraction of sp³-hybridized carbons (Fsp3) is 0.375. The number of ether oxygens (including phenoxy) is 2. The minimum atomic E-state index is -0.615. The number of hydrogen-bond acceptors (Lipinski definition) is 9. The van der Waals surface area contributed by atoms with Crippen LogP contribution < -0.4 is 25.4 Å². The van der Waals surface area contributed by atoms with E-state index < -0.39 is 11.9 Å². The van der Waals surface area contributed by atoms with E-state index >= 15 is 0 Å². The maximum absolute atomic E-state index is 11.9. The fourth-order valence-electron chi connectivity index (χ4n) is 2.06. The molecule has 2 aromatic rings. The van der Waals surface area contributed by atoms with Gasteiger partial charge in [0.15, 0.2) is 15.8 Å². The number of carbonyl (C=O) groups is 2. The quantitative estimate of drug-likeness (QED) is 0.598. The lowest BCUT2D eigenvalue weighted by molar-refractivity contribution is -0.117. The van der Waals surface area contributed by atoms with Gasteiger partial charge in [0, 0.05) is 18.3 Å². The number of nitrogens with zero attached hydrogens (tertiary/aromatic N) is 2. The number of rotatable bonds is 7. The van der Waals surface area contributed by atoms with Crippen molar-refractivity contribution in [2.75, 3.05) is 29.7 Å². The van der Waals surface area contributed by atoms with Crippen LogP contribution in [0.1, 0.15) is 13.8 Å². The molecule has 1 aromatic carbocycles. The molecule has 3 amide bonds. The normalized spacial score (nSPS) is 12.1. The lowest BCUT2D eigenvalue weighted by Gasteiger charge is -2.07. The molecule has 0 bridgehead atoms. The smallest absolute Gasteiger partial charge is 0.325 e. The van der Waals surface area contributed by atoms with Crippen LogP contribution in [0.3, 0.4) is 0 Å². The summed E-state index contributed by atoms with van der Waals surface area (Å²) in [5.74, 6) is 1.30. The molecule has 0 fully saturated rings. The van der Waals surface area contributed by atoms with Crippen molar-refractivity contribution in [1.82, 2.24) is 15.5 Å². The molecule has 9 nitrogen and oxygen atoms in total.